The SMILES string of the molecule is Cc1ccc(C2CCC(C=Cc3ccc(-c4ccccc4)c(F)c3F)CC2)cc1F. The molecule has 3 aromatic carbocycles. The number of hydrogen-bond donors (Lipinski definition) is 0. The molecule has 0 spiro atoms. The summed E-state index contributed by atoms with van der Waals surface area (Å²) in [6.45, 7) is 1.77. The molecule has 1 aliphatic rings. The van der Waals surface area contributed by atoms with E-state index in [4.69, 9.17) is 0 Å². The summed E-state index contributed by atoms with van der Waals surface area (Å²) in [4.78, 5) is 0. The molecule has 3 heteroatoms. The Hall–Kier alpha value is -2.81. The highest BCUT2D eigenvalue weighted by atomic mass is 19.2. The first-order valence-electron chi connectivity index (χ1n) is 10.5. The maximum atomic E-state index is 14.6. The summed E-state index contributed by atoms with van der Waals surface area (Å²) in [5.74, 6) is -1.08. The zero-order valence-electron chi connectivity index (χ0n) is 17.0. The number of rotatable bonds is 4. The van der Waals surface area contributed by atoms with E-state index in [1.807, 2.05) is 36.4 Å². The van der Waals surface area contributed by atoms with Gasteiger partial charge in [0.2, 0.25) is 0 Å². The highest BCUT2D eigenvalue weighted by Gasteiger charge is 2.22. The van der Waals surface area contributed by atoms with Crippen LogP contribution in [0.1, 0.15) is 48.3 Å². The van der Waals surface area contributed by atoms with Gasteiger partial charge in [0.15, 0.2) is 11.6 Å². The normalized spacial score (nSPS) is 19.3. The van der Waals surface area contributed by atoms with Crippen molar-refractivity contribution in [3.8, 4) is 11.1 Å². The predicted molar refractivity (Wildman–Crippen MR) is 117 cm³/mol. The number of halogens is 3. The summed E-state index contributed by atoms with van der Waals surface area (Å²) in [6.07, 6.45) is 7.56. The van der Waals surface area contributed by atoms with Crippen LogP contribution in [-0.4, -0.2) is 0 Å². The van der Waals surface area contributed by atoms with Crippen LogP contribution in [0.2, 0.25) is 0 Å². The lowest BCUT2D eigenvalue weighted by Crippen LogP contribution is -2.12. The highest BCUT2D eigenvalue weighted by Crippen LogP contribution is 2.37. The highest BCUT2D eigenvalue weighted by molar-refractivity contribution is 5.67. The van der Waals surface area contributed by atoms with E-state index in [9.17, 15) is 13.2 Å². The van der Waals surface area contributed by atoms with E-state index in [0.29, 0.717) is 23.0 Å². The quantitative estimate of drug-likeness (QED) is 0.411. The van der Waals surface area contributed by atoms with Crippen molar-refractivity contribution in [1.29, 1.82) is 0 Å². The molecule has 1 aliphatic carbocycles. The van der Waals surface area contributed by atoms with Crippen LogP contribution in [0, 0.1) is 30.3 Å². The van der Waals surface area contributed by atoms with Gasteiger partial charge >= 0.3 is 0 Å². The zero-order valence-corrected chi connectivity index (χ0v) is 17.0. The van der Waals surface area contributed by atoms with Crippen LogP contribution >= 0.6 is 0 Å². The van der Waals surface area contributed by atoms with E-state index >= 15 is 0 Å². The Kier molecular flexibility index (Phi) is 6.08. The van der Waals surface area contributed by atoms with Crippen LogP contribution in [-0.2, 0) is 0 Å². The average Bonchev–Trinajstić information content (AvgIpc) is 2.78. The number of benzene rings is 3. The van der Waals surface area contributed by atoms with Crippen molar-refractivity contribution in [1.82, 2.24) is 0 Å². The molecule has 0 aliphatic heterocycles. The van der Waals surface area contributed by atoms with E-state index in [1.54, 1.807) is 43.3 Å². The summed E-state index contributed by atoms with van der Waals surface area (Å²) in [5, 5.41) is 0. The molecule has 0 bridgehead atoms. The number of hydrogen-bond acceptors (Lipinski definition) is 0. The summed E-state index contributed by atoms with van der Waals surface area (Å²) in [7, 11) is 0. The number of aryl methyl sites for hydroxylation is 1. The first kappa shape index (κ1) is 20.5. The van der Waals surface area contributed by atoms with Gasteiger partial charge in [-0.3, -0.25) is 0 Å². The Bertz CT molecular complexity index is 1050. The van der Waals surface area contributed by atoms with Crippen LogP contribution in [0.5, 0.6) is 0 Å². The summed E-state index contributed by atoms with van der Waals surface area (Å²) < 4.78 is 43.0. The van der Waals surface area contributed by atoms with Gasteiger partial charge in [-0.15, -0.1) is 0 Å². The van der Waals surface area contributed by atoms with Gasteiger partial charge in [-0.05, 0) is 67.2 Å². The Morgan fingerprint density at radius 2 is 1.53 bits per heavy atom. The van der Waals surface area contributed by atoms with Crippen molar-refractivity contribution < 1.29 is 13.2 Å². The maximum Gasteiger partial charge on any atom is 0.167 e. The molecule has 0 unspecified atom stereocenters. The molecule has 0 aromatic heterocycles. The van der Waals surface area contributed by atoms with E-state index in [1.165, 1.54) is 0 Å². The molecule has 4 rings (SSSR count). The van der Waals surface area contributed by atoms with Gasteiger partial charge < -0.3 is 0 Å². The molecular formula is C27H25F3. The van der Waals surface area contributed by atoms with Crippen LogP contribution in [0.25, 0.3) is 17.2 Å². The lowest BCUT2D eigenvalue weighted by atomic mass is 9.78. The van der Waals surface area contributed by atoms with Gasteiger partial charge in [-0.1, -0.05) is 66.7 Å². The van der Waals surface area contributed by atoms with E-state index in [0.717, 1.165) is 31.2 Å². The summed E-state index contributed by atoms with van der Waals surface area (Å²) >= 11 is 0. The Morgan fingerprint density at radius 1 is 0.800 bits per heavy atom. The molecule has 1 fully saturated rings. The van der Waals surface area contributed by atoms with Crippen LogP contribution in [0.3, 0.4) is 0 Å². The number of allylic oxidation sites excluding steroid dienone is 1. The fourth-order valence-corrected chi connectivity index (χ4v) is 4.28. The first-order valence-corrected chi connectivity index (χ1v) is 10.5. The molecule has 154 valence electrons. The van der Waals surface area contributed by atoms with E-state index in [-0.39, 0.29) is 16.9 Å². The van der Waals surface area contributed by atoms with Gasteiger partial charge in [-0.2, -0.15) is 0 Å². The van der Waals surface area contributed by atoms with Crippen molar-refractivity contribution in [3.63, 3.8) is 0 Å². The van der Waals surface area contributed by atoms with Crippen LogP contribution in [0.4, 0.5) is 13.2 Å². The minimum Gasteiger partial charge on any atom is -0.207 e. The standard InChI is InChI=1S/C27H25F3/c1-18-7-11-23(17-25(18)28)20-12-8-19(9-13-20)10-14-22-15-16-24(27(30)26(22)29)21-5-3-2-4-6-21/h2-7,10-11,14-17,19-20H,8-9,12-13H2,1H3. The Morgan fingerprint density at radius 3 is 2.23 bits per heavy atom. The molecule has 30 heavy (non-hydrogen) atoms. The molecule has 0 N–H and O–H groups in total. The maximum absolute atomic E-state index is 14.6. The molecule has 1 saturated carbocycles. The van der Waals surface area contributed by atoms with Gasteiger partial charge in [0.05, 0.1) is 0 Å². The zero-order chi connectivity index (χ0) is 21.1. The molecule has 0 radical (unpaired) electrons. The molecule has 0 saturated heterocycles. The van der Waals surface area contributed by atoms with E-state index < -0.39 is 11.6 Å². The lowest BCUT2D eigenvalue weighted by molar-refractivity contribution is 0.376. The van der Waals surface area contributed by atoms with E-state index in [2.05, 4.69) is 0 Å². The van der Waals surface area contributed by atoms with Crippen molar-refractivity contribution in [2.75, 3.05) is 0 Å². The second kappa shape index (κ2) is 8.91. The third-order valence-corrected chi connectivity index (χ3v) is 6.18. The summed E-state index contributed by atoms with van der Waals surface area (Å²) in [6, 6.07) is 17.8. The van der Waals surface area contributed by atoms with Crippen molar-refractivity contribution in [2.45, 2.75) is 38.5 Å². The van der Waals surface area contributed by atoms with Gasteiger partial charge in [0.1, 0.15) is 5.82 Å². The topological polar surface area (TPSA) is 0 Å². The van der Waals surface area contributed by atoms with Gasteiger partial charge in [0.25, 0.3) is 0 Å². The van der Waals surface area contributed by atoms with Crippen LogP contribution in [0.15, 0.2) is 66.7 Å². The van der Waals surface area contributed by atoms with Gasteiger partial charge in [-0.25, -0.2) is 13.2 Å². The molecule has 0 nitrogen and oxygen atoms in total. The third kappa shape index (κ3) is 4.35. The Labute approximate surface area is 176 Å². The third-order valence-electron chi connectivity index (χ3n) is 6.18. The molecule has 3 aromatic rings. The fourth-order valence-electron chi connectivity index (χ4n) is 4.28. The second-order valence-corrected chi connectivity index (χ2v) is 8.18. The van der Waals surface area contributed by atoms with Crippen molar-refractivity contribution >= 4 is 6.08 Å². The van der Waals surface area contributed by atoms with Crippen molar-refractivity contribution in [3.05, 3.63) is 101 Å². The van der Waals surface area contributed by atoms with Crippen LogP contribution < -0.4 is 0 Å². The minimum atomic E-state index is -0.812. The smallest absolute Gasteiger partial charge is 0.167 e. The monoisotopic (exact) mass is 406 g/mol. The second-order valence-electron chi connectivity index (χ2n) is 8.18. The summed E-state index contributed by atoms with van der Waals surface area (Å²) in [5.41, 5.74) is 2.94. The minimum absolute atomic E-state index is 0.147. The fraction of sp³-hybridized carbons (Fsp3) is 0.259. The van der Waals surface area contributed by atoms with Gasteiger partial charge in [0, 0.05) is 11.1 Å². The lowest BCUT2D eigenvalue weighted by Gasteiger charge is -2.27. The molecule has 0 heterocycles. The first-order chi connectivity index (χ1) is 14.5. The average molecular weight is 406 g/mol. The predicted octanol–water partition coefficient (Wildman–Crippen LogP) is 8.07. The molecule has 0 amide bonds. The van der Waals surface area contributed by atoms with Crippen molar-refractivity contribution in [2.24, 2.45) is 5.92 Å². The molecular weight excluding hydrogens is 381 g/mol. The largest absolute Gasteiger partial charge is 0.207 e. The molecule has 0 atom stereocenters. The Balaban J connectivity index is 1.42.